The highest BCUT2D eigenvalue weighted by atomic mass is 32.2. The maximum absolute atomic E-state index is 9.83. The topological polar surface area (TPSA) is 40.5 Å². The van der Waals surface area contributed by atoms with Crippen molar-refractivity contribution in [1.29, 1.82) is 0 Å². The molecule has 2 N–H and O–H groups in total. The Labute approximate surface area is 114 Å². The quantitative estimate of drug-likeness (QED) is 0.812. The first-order valence-corrected chi connectivity index (χ1v) is 7.66. The molecule has 0 saturated carbocycles. The Kier molecular flexibility index (Phi) is 5.39. The summed E-state index contributed by atoms with van der Waals surface area (Å²) in [5, 5.41) is 19.1. The molecule has 1 unspecified atom stereocenters. The third-order valence-electron chi connectivity index (χ3n) is 3.49. The van der Waals surface area contributed by atoms with Gasteiger partial charge in [0.2, 0.25) is 0 Å². The van der Waals surface area contributed by atoms with Gasteiger partial charge in [0.1, 0.15) is 11.5 Å². The van der Waals surface area contributed by atoms with Crippen LogP contribution >= 0.6 is 11.8 Å². The number of hydrogen-bond donors (Lipinski definition) is 2. The lowest BCUT2D eigenvalue weighted by atomic mass is 9.88. The van der Waals surface area contributed by atoms with Crippen LogP contribution in [0.2, 0.25) is 0 Å². The average molecular weight is 268 g/mol. The SMILES string of the molecule is CCC(Cc1ccc(O)cc1O)CC(C)(C)SC. The van der Waals surface area contributed by atoms with Gasteiger partial charge in [-0.3, -0.25) is 0 Å². The molecule has 0 amide bonds. The minimum Gasteiger partial charge on any atom is -0.508 e. The van der Waals surface area contributed by atoms with Gasteiger partial charge in [0.15, 0.2) is 0 Å². The van der Waals surface area contributed by atoms with Crippen LogP contribution in [0.15, 0.2) is 18.2 Å². The Hall–Kier alpha value is -0.830. The van der Waals surface area contributed by atoms with Crippen molar-refractivity contribution >= 4 is 11.8 Å². The maximum atomic E-state index is 9.83. The first-order valence-electron chi connectivity index (χ1n) is 6.44. The summed E-state index contributed by atoms with van der Waals surface area (Å²) in [5.41, 5.74) is 0.927. The molecular weight excluding hydrogens is 244 g/mol. The minimum absolute atomic E-state index is 0.119. The molecule has 0 spiro atoms. The summed E-state index contributed by atoms with van der Waals surface area (Å²) in [6.45, 7) is 6.71. The van der Waals surface area contributed by atoms with E-state index in [1.165, 1.54) is 6.07 Å². The number of thioether (sulfide) groups is 1. The van der Waals surface area contributed by atoms with Gasteiger partial charge in [0.05, 0.1) is 0 Å². The lowest BCUT2D eigenvalue weighted by Gasteiger charge is -2.27. The molecule has 3 heteroatoms. The van der Waals surface area contributed by atoms with Crippen molar-refractivity contribution in [2.45, 2.75) is 44.8 Å². The molecule has 102 valence electrons. The summed E-state index contributed by atoms with van der Waals surface area (Å²) in [6.07, 6.45) is 5.24. The summed E-state index contributed by atoms with van der Waals surface area (Å²) in [7, 11) is 0. The zero-order valence-corrected chi connectivity index (χ0v) is 12.5. The molecule has 1 aromatic carbocycles. The van der Waals surface area contributed by atoms with Crippen molar-refractivity contribution in [3.05, 3.63) is 23.8 Å². The van der Waals surface area contributed by atoms with Gasteiger partial charge in [-0.25, -0.2) is 0 Å². The Bertz CT molecular complexity index is 388. The highest BCUT2D eigenvalue weighted by molar-refractivity contribution is 7.99. The maximum Gasteiger partial charge on any atom is 0.122 e. The molecule has 0 aromatic heterocycles. The van der Waals surface area contributed by atoms with Crippen LogP contribution in [0.25, 0.3) is 0 Å². The minimum atomic E-state index is 0.119. The van der Waals surface area contributed by atoms with Crippen LogP contribution in [0, 0.1) is 5.92 Å². The molecule has 0 radical (unpaired) electrons. The van der Waals surface area contributed by atoms with Crippen LogP contribution in [0.4, 0.5) is 0 Å². The van der Waals surface area contributed by atoms with Crippen molar-refractivity contribution < 1.29 is 10.2 Å². The monoisotopic (exact) mass is 268 g/mol. The summed E-state index contributed by atoms with van der Waals surface area (Å²) in [4.78, 5) is 0. The Morgan fingerprint density at radius 3 is 2.44 bits per heavy atom. The normalized spacial score (nSPS) is 13.6. The Morgan fingerprint density at radius 2 is 1.94 bits per heavy atom. The van der Waals surface area contributed by atoms with Crippen LogP contribution < -0.4 is 0 Å². The van der Waals surface area contributed by atoms with Gasteiger partial charge < -0.3 is 10.2 Å². The summed E-state index contributed by atoms with van der Waals surface area (Å²) < 4.78 is 0.271. The van der Waals surface area contributed by atoms with Gasteiger partial charge in [0.25, 0.3) is 0 Å². The molecule has 0 saturated heterocycles. The average Bonchev–Trinajstić information content (AvgIpc) is 2.31. The molecule has 1 aromatic rings. The van der Waals surface area contributed by atoms with Gasteiger partial charge in [-0.15, -0.1) is 0 Å². The van der Waals surface area contributed by atoms with Crippen molar-refractivity contribution in [3.8, 4) is 11.5 Å². The summed E-state index contributed by atoms with van der Waals surface area (Å²) in [5.74, 6) is 0.882. The Balaban J connectivity index is 2.74. The van der Waals surface area contributed by atoms with Crippen molar-refractivity contribution in [1.82, 2.24) is 0 Å². The number of phenols is 2. The van der Waals surface area contributed by atoms with E-state index in [0.29, 0.717) is 5.92 Å². The summed E-state index contributed by atoms with van der Waals surface area (Å²) in [6, 6.07) is 4.88. The fraction of sp³-hybridized carbons (Fsp3) is 0.600. The van der Waals surface area contributed by atoms with E-state index in [4.69, 9.17) is 0 Å². The van der Waals surface area contributed by atoms with Gasteiger partial charge >= 0.3 is 0 Å². The zero-order chi connectivity index (χ0) is 13.8. The molecule has 0 aliphatic heterocycles. The van der Waals surface area contributed by atoms with Crippen molar-refractivity contribution in [3.63, 3.8) is 0 Å². The van der Waals surface area contributed by atoms with Crippen LogP contribution in [-0.2, 0) is 6.42 Å². The first kappa shape index (κ1) is 15.2. The van der Waals surface area contributed by atoms with Crippen LogP contribution in [0.3, 0.4) is 0 Å². The van der Waals surface area contributed by atoms with Crippen molar-refractivity contribution in [2.24, 2.45) is 5.92 Å². The third kappa shape index (κ3) is 4.45. The van der Waals surface area contributed by atoms with E-state index in [1.807, 2.05) is 17.8 Å². The fourth-order valence-electron chi connectivity index (χ4n) is 2.18. The van der Waals surface area contributed by atoms with Gasteiger partial charge in [-0.2, -0.15) is 11.8 Å². The van der Waals surface area contributed by atoms with E-state index in [0.717, 1.165) is 24.8 Å². The van der Waals surface area contributed by atoms with E-state index in [9.17, 15) is 10.2 Å². The molecule has 2 nitrogen and oxygen atoms in total. The molecule has 0 fully saturated rings. The fourth-order valence-corrected chi connectivity index (χ4v) is 2.58. The molecule has 0 aliphatic carbocycles. The third-order valence-corrected chi connectivity index (χ3v) is 4.76. The smallest absolute Gasteiger partial charge is 0.122 e. The van der Waals surface area contributed by atoms with Gasteiger partial charge in [-0.1, -0.05) is 33.3 Å². The van der Waals surface area contributed by atoms with Crippen LogP contribution in [-0.4, -0.2) is 21.2 Å². The lowest BCUT2D eigenvalue weighted by Crippen LogP contribution is -2.20. The molecule has 18 heavy (non-hydrogen) atoms. The molecule has 0 heterocycles. The molecule has 0 bridgehead atoms. The van der Waals surface area contributed by atoms with Crippen LogP contribution in [0.1, 0.15) is 39.2 Å². The van der Waals surface area contributed by atoms with Crippen molar-refractivity contribution in [2.75, 3.05) is 6.26 Å². The second-order valence-corrected chi connectivity index (χ2v) is 6.97. The second kappa shape index (κ2) is 6.37. The van der Waals surface area contributed by atoms with E-state index in [2.05, 4.69) is 27.0 Å². The molecule has 1 atom stereocenters. The highest BCUT2D eigenvalue weighted by Gasteiger charge is 2.22. The van der Waals surface area contributed by atoms with E-state index < -0.39 is 0 Å². The van der Waals surface area contributed by atoms with E-state index >= 15 is 0 Å². The van der Waals surface area contributed by atoms with Gasteiger partial charge in [-0.05, 0) is 36.6 Å². The Morgan fingerprint density at radius 1 is 1.28 bits per heavy atom. The zero-order valence-electron chi connectivity index (χ0n) is 11.7. The van der Waals surface area contributed by atoms with E-state index in [1.54, 1.807) is 6.07 Å². The predicted octanol–water partition coefficient (Wildman–Crippen LogP) is 4.20. The number of rotatable bonds is 6. The summed E-state index contributed by atoms with van der Waals surface area (Å²) >= 11 is 1.89. The largest absolute Gasteiger partial charge is 0.508 e. The number of hydrogen-bond acceptors (Lipinski definition) is 3. The lowest BCUT2D eigenvalue weighted by molar-refractivity contribution is 0.403. The van der Waals surface area contributed by atoms with Crippen LogP contribution in [0.5, 0.6) is 11.5 Å². The second-order valence-electron chi connectivity index (χ2n) is 5.46. The number of benzene rings is 1. The van der Waals surface area contributed by atoms with E-state index in [-0.39, 0.29) is 16.2 Å². The molecular formula is C15H24O2S. The predicted molar refractivity (Wildman–Crippen MR) is 79.5 cm³/mol. The highest BCUT2D eigenvalue weighted by Crippen LogP contribution is 2.34. The molecule has 1 rings (SSSR count). The standard InChI is InChI=1S/C15H24O2S/c1-5-11(10-15(2,3)18-4)8-12-6-7-13(16)9-14(12)17/h6-7,9,11,16-17H,5,8,10H2,1-4H3. The number of phenolic OH excluding ortho intramolecular Hbond substituents is 2. The first-order chi connectivity index (χ1) is 8.38. The molecule has 0 aliphatic rings. The van der Waals surface area contributed by atoms with Gasteiger partial charge in [0, 0.05) is 10.8 Å². The number of aromatic hydroxyl groups is 2.